The highest BCUT2D eigenvalue weighted by Gasteiger charge is 2.39. The highest BCUT2D eigenvalue weighted by atomic mass is 79.9. The molecule has 0 amide bonds. The largest absolute Gasteiger partial charge is 0.492 e. The molecule has 0 unspecified atom stereocenters. The standard InChI is InChI=1S/C14H18BrNO/c15-12-3-1-2-11(8-14(16)6-7-14)13(12)17-9-10-4-5-10/h1-3,10H,4-9,16H2. The van der Waals surface area contributed by atoms with Gasteiger partial charge in [-0.05, 0) is 65.6 Å². The van der Waals surface area contributed by atoms with Crippen LogP contribution in [0.3, 0.4) is 0 Å². The summed E-state index contributed by atoms with van der Waals surface area (Å²) < 4.78 is 7.02. The van der Waals surface area contributed by atoms with E-state index in [1.54, 1.807) is 0 Å². The van der Waals surface area contributed by atoms with E-state index in [1.165, 1.54) is 18.4 Å². The fraction of sp³-hybridized carbons (Fsp3) is 0.571. The maximum Gasteiger partial charge on any atom is 0.136 e. The second kappa shape index (κ2) is 4.29. The Morgan fingerprint density at radius 1 is 1.35 bits per heavy atom. The van der Waals surface area contributed by atoms with Crippen LogP contribution in [0.5, 0.6) is 5.75 Å². The first-order valence-corrected chi connectivity index (χ1v) is 7.15. The quantitative estimate of drug-likeness (QED) is 0.905. The summed E-state index contributed by atoms with van der Waals surface area (Å²) in [4.78, 5) is 0. The van der Waals surface area contributed by atoms with Crippen LogP contribution >= 0.6 is 15.9 Å². The van der Waals surface area contributed by atoms with Crippen LogP contribution in [0.4, 0.5) is 0 Å². The molecule has 3 heteroatoms. The van der Waals surface area contributed by atoms with E-state index in [9.17, 15) is 0 Å². The monoisotopic (exact) mass is 295 g/mol. The van der Waals surface area contributed by atoms with Crippen LogP contribution in [-0.2, 0) is 6.42 Å². The van der Waals surface area contributed by atoms with E-state index in [4.69, 9.17) is 10.5 Å². The predicted molar refractivity (Wildman–Crippen MR) is 72.2 cm³/mol. The van der Waals surface area contributed by atoms with Gasteiger partial charge in [-0.1, -0.05) is 12.1 Å². The summed E-state index contributed by atoms with van der Waals surface area (Å²) in [5.74, 6) is 1.79. The van der Waals surface area contributed by atoms with Crippen LogP contribution in [0.15, 0.2) is 22.7 Å². The van der Waals surface area contributed by atoms with E-state index < -0.39 is 0 Å². The second-order valence-electron chi connectivity index (χ2n) is 5.52. The first-order chi connectivity index (χ1) is 8.16. The molecule has 0 atom stereocenters. The molecule has 3 rings (SSSR count). The first-order valence-electron chi connectivity index (χ1n) is 6.35. The summed E-state index contributed by atoms with van der Waals surface area (Å²) >= 11 is 3.58. The molecule has 0 heterocycles. The Morgan fingerprint density at radius 2 is 2.12 bits per heavy atom. The Balaban J connectivity index is 1.76. The van der Waals surface area contributed by atoms with E-state index in [0.29, 0.717) is 0 Å². The molecule has 92 valence electrons. The van der Waals surface area contributed by atoms with E-state index >= 15 is 0 Å². The lowest BCUT2D eigenvalue weighted by Gasteiger charge is -2.15. The summed E-state index contributed by atoms with van der Waals surface area (Å²) in [6.07, 6.45) is 5.86. The Bertz CT molecular complexity index is 424. The maximum absolute atomic E-state index is 6.20. The minimum atomic E-state index is 0.0402. The Labute approximate surface area is 111 Å². The molecule has 2 aliphatic carbocycles. The van der Waals surface area contributed by atoms with Crippen LogP contribution in [0.1, 0.15) is 31.2 Å². The summed E-state index contributed by atoms with van der Waals surface area (Å²) in [6, 6.07) is 6.25. The van der Waals surface area contributed by atoms with Gasteiger partial charge in [0.2, 0.25) is 0 Å². The van der Waals surface area contributed by atoms with E-state index in [1.807, 2.05) is 6.07 Å². The number of hydrogen-bond donors (Lipinski definition) is 1. The Kier molecular flexibility index (Phi) is 2.91. The fourth-order valence-corrected chi connectivity index (χ4v) is 2.58. The van der Waals surface area contributed by atoms with Gasteiger partial charge in [-0.2, -0.15) is 0 Å². The van der Waals surface area contributed by atoms with Gasteiger partial charge in [0.05, 0.1) is 11.1 Å². The van der Waals surface area contributed by atoms with Crippen LogP contribution in [0.2, 0.25) is 0 Å². The van der Waals surface area contributed by atoms with Crippen LogP contribution in [-0.4, -0.2) is 12.1 Å². The third kappa shape index (κ3) is 2.83. The van der Waals surface area contributed by atoms with Gasteiger partial charge in [0.15, 0.2) is 0 Å². The number of ether oxygens (including phenoxy) is 1. The van der Waals surface area contributed by atoms with Gasteiger partial charge in [0, 0.05) is 5.54 Å². The molecule has 17 heavy (non-hydrogen) atoms. The zero-order chi connectivity index (χ0) is 11.9. The molecule has 0 aliphatic heterocycles. The van der Waals surface area contributed by atoms with Crippen molar-refractivity contribution in [2.45, 2.75) is 37.6 Å². The lowest BCUT2D eigenvalue weighted by atomic mass is 10.0. The van der Waals surface area contributed by atoms with E-state index in [-0.39, 0.29) is 5.54 Å². The van der Waals surface area contributed by atoms with Crippen molar-refractivity contribution in [1.29, 1.82) is 0 Å². The summed E-state index contributed by atoms with van der Waals surface area (Å²) in [5, 5.41) is 0. The SMILES string of the molecule is NC1(Cc2cccc(Br)c2OCC2CC2)CC1. The average Bonchev–Trinajstić information content (AvgIpc) is 3.17. The number of nitrogens with two attached hydrogens (primary N) is 1. The topological polar surface area (TPSA) is 35.2 Å². The van der Waals surface area contributed by atoms with Gasteiger partial charge in [-0.3, -0.25) is 0 Å². The first kappa shape index (κ1) is 11.5. The highest BCUT2D eigenvalue weighted by Crippen LogP contribution is 2.40. The third-order valence-electron chi connectivity index (χ3n) is 3.64. The molecule has 0 spiro atoms. The van der Waals surface area contributed by atoms with Crippen molar-refractivity contribution in [3.8, 4) is 5.75 Å². The van der Waals surface area contributed by atoms with Gasteiger partial charge < -0.3 is 10.5 Å². The molecule has 2 nitrogen and oxygen atoms in total. The minimum absolute atomic E-state index is 0.0402. The normalized spacial score (nSPS) is 21.3. The van der Waals surface area contributed by atoms with Gasteiger partial charge >= 0.3 is 0 Å². The number of rotatable bonds is 5. The highest BCUT2D eigenvalue weighted by molar-refractivity contribution is 9.10. The molecule has 0 aromatic heterocycles. The number of para-hydroxylation sites is 1. The average molecular weight is 296 g/mol. The zero-order valence-electron chi connectivity index (χ0n) is 9.92. The zero-order valence-corrected chi connectivity index (χ0v) is 11.5. The van der Waals surface area contributed by atoms with E-state index in [2.05, 4.69) is 28.1 Å². The molecular formula is C14H18BrNO. The molecule has 0 bridgehead atoms. The van der Waals surface area contributed by atoms with Gasteiger partial charge in [0.25, 0.3) is 0 Å². The van der Waals surface area contributed by atoms with Crippen molar-refractivity contribution in [3.05, 3.63) is 28.2 Å². The lowest BCUT2D eigenvalue weighted by molar-refractivity contribution is 0.294. The third-order valence-corrected chi connectivity index (χ3v) is 4.27. The molecule has 1 aromatic rings. The molecule has 0 saturated heterocycles. The maximum atomic E-state index is 6.20. The molecule has 2 aliphatic rings. The smallest absolute Gasteiger partial charge is 0.136 e. The predicted octanol–water partition coefficient (Wildman–Crippen LogP) is 3.27. The van der Waals surface area contributed by atoms with Crippen LogP contribution in [0, 0.1) is 5.92 Å². The number of hydrogen-bond acceptors (Lipinski definition) is 2. The molecule has 2 saturated carbocycles. The second-order valence-corrected chi connectivity index (χ2v) is 6.38. The summed E-state index contributed by atoms with van der Waals surface area (Å²) in [5.41, 5.74) is 7.49. The van der Waals surface area contributed by atoms with Crippen LogP contribution < -0.4 is 10.5 Å². The van der Waals surface area contributed by atoms with Crippen molar-refractivity contribution in [3.63, 3.8) is 0 Å². The van der Waals surface area contributed by atoms with Crippen molar-refractivity contribution in [1.82, 2.24) is 0 Å². The van der Waals surface area contributed by atoms with Crippen molar-refractivity contribution >= 4 is 15.9 Å². The van der Waals surface area contributed by atoms with Gasteiger partial charge in [0.1, 0.15) is 5.75 Å². The minimum Gasteiger partial charge on any atom is -0.492 e. The molecule has 1 aromatic carbocycles. The van der Waals surface area contributed by atoms with Crippen LogP contribution in [0.25, 0.3) is 0 Å². The van der Waals surface area contributed by atoms with Gasteiger partial charge in [-0.25, -0.2) is 0 Å². The molecule has 0 radical (unpaired) electrons. The van der Waals surface area contributed by atoms with Crippen molar-refractivity contribution in [2.24, 2.45) is 11.7 Å². The molecule has 2 N–H and O–H groups in total. The summed E-state index contributed by atoms with van der Waals surface area (Å²) in [6.45, 7) is 0.854. The van der Waals surface area contributed by atoms with E-state index in [0.717, 1.165) is 42.0 Å². The lowest BCUT2D eigenvalue weighted by Crippen LogP contribution is -2.24. The molecule has 2 fully saturated rings. The van der Waals surface area contributed by atoms with Crippen molar-refractivity contribution in [2.75, 3.05) is 6.61 Å². The van der Waals surface area contributed by atoms with Crippen molar-refractivity contribution < 1.29 is 4.74 Å². The molecular weight excluding hydrogens is 278 g/mol. The number of halogens is 1. The summed E-state index contributed by atoms with van der Waals surface area (Å²) in [7, 11) is 0. The van der Waals surface area contributed by atoms with Gasteiger partial charge in [-0.15, -0.1) is 0 Å². The fourth-order valence-electron chi connectivity index (χ4n) is 2.06. The number of benzene rings is 1. The Morgan fingerprint density at radius 3 is 2.76 bits per heavy atom. The Hall–Kier alpha value is -0.540.